The third-order valence-electron chi connectivity index (χ3n) is 5.55. The van der Waals surface area contributed by atoms with Gasteiger partial charge in [0, 0.05) is 18.6 Å². The Morgan fingerprint density at radius 2 is 1.85 bits per heavy atom. The summed E-state index contributed by atoms with van der Waals surface area (Å²) in [6.07, 6.45) is 5.85. The highest BCUT2D eigenvalue weighted by Crippen LogP contribution is 2.20. The Hall–Kier alpha value is -2.07. The van der Waals surface area contributed by atoms with Crippen LogP contribution in [0.25, 0.3) is 0 Å². The van der Waals surface area contributed by atoms with Crippen LogP contribution in [0.15, 0.2) is 40.8 Å². The number of rotatable bonds is 7. The Morgan fingerprint density at radius 3 is 2.56 bits per heavy atom. The summed E-state index contributed by atoms with van der Waals surface area (Å²) in [5, 5.41) is 3.13. The minimum absolute atomic E-state index is 0.0804. The first kappa shape index (κ1) is 19.7. The van der Waals surface area contributed by atoms with Gasteiger partial charge in [0.2, 0.25) is 0 Å². The summed E-state index contributed by atoms with van der Waals surface area (Å²) in [6, 6.07) is 12.9. The van der Waals surface area contributed by atoms with Gasteiger partial charge in [-0.1, -0.05) is 43.5 Å². The highest BCUT2D eigenvalue weighted by Gasteiger charge is 2.20. The zero-order valence-corrected chi connectivity index (χ0v) is 16.8. The van der Waals surface area contributed by atoms with Gasteiger partial charge in [-0.15, -0.1) is 0 Å². The Labute approximate surface area is 162 Å². The number of furan rings is 1. The topological polar surface area (TPSA) is 45.5 Å². The third-order valence-corrected chi connectivity index (χ3v) is 5.55. The smallest absolute Gasteiger partial charge is 0.287 e. The fourth-order valence-electron chi connectivity index (χ4n) is 3.72. The van der Waals surface area contributed by atoms with Gasteiger partial charge in [-0.3, -0.25) is 9.69 Å². The molecule has 1 aliphatic rings. The number of carbonyl (C=O) groups excluding carboxylic acids is 1. The molecule has 0 unspecified atom stereocenters. The lowest BCUT2D eigenvalue weighted by molar-refractivity contribution is 0.0894. The van der Waals surface area contributed by atoms with Crippen molar-refractivity contribution < 1.29 is 9.21 Å². The van der Waals surface area contributed by atoms with E-state index in [0.29, 0.717) is 24.4 Å². The fraction of sp³-hybridized carbons (Fsp3) is 0.522. The molecule has 1 saturated carbocycles. The van der Waals surface area contributed by atoms with E-state index in [0.717, 1.165) is 25.1 Å². The molecule has 4 nitrogen and oxygen atoms in total. The van der Waals surface area contributed by atoms with Crippen LogP contribution in [0.2, 0.25) is 0 Å². The van der Waals surface area contributed by atoms with E-state index in [1.165, 1.54) is 30.4 Å². The van der Waals surface area contributed by atoms with Gasteiger partial charge in [-0.2, -0.15) is 0 Å². The van der Waals surface area contributed by atoms with E-state index in [2.05, 4.69) is 55.3 Å². The van der Waals surface area contributed by atoms with Crippen LogP contribution in [0.3, 0.4) is 0 Å². The van der Waals surface area contributed by atoms with Gasteiger partial charge in [0.1, 0.15) is 5.76 Å². The van der Waals surface area contributed by atoms with Crippen LogP contribution in [0, 0.1) is 6.92 Å². The number of nitrogens with zero attached hydrogens (tertiary/aromatic N) is 1. The van der Waals surface area contributed by atoms with Gasteiger partial charge >= 0.3 is 0 Å². The van der Waals surface area contributed by atoms with E-state index >= 15 is 0 Å². The van der Waals surface area contributed by atoms with Crippen LogP contribution in [0.1, 0.15) is 73.4 Å². The average molecular weight is 369 g/mol. The molecule has 0 spiro atoms. The molecule has 27 heavy (non-hydrogen) atoms. The lowest BCUT2D eigenvalue weighted by Crippen LogP contribution is -2.36. The van der Waals surface area contributed by atoms with E-state index in [1.807, 2.05) is 6.07 Å². The quantitative estimate of drug-likeness (QED) is 0.743. The Morgan fingerprint density at radius 1 is 1.11 bits per heavy atom. The standard InChI is InChI=1S/C23H32N2O2/c1-17(2)25(15-19-10-8-7-9-18(19)3)16-21-13-14-22(27-21)23(26)24-20-11-5-4-6-12-20/h7-10,13-14,17,20H,4-6,11-12,15-16H2,1-3H3,(H,24,26). The molecule has 0 aliphatic heterocycles. The lowest BCUT2D eigenvalue weighted by atomic mass is 9.95. The van der Waals surface area contributed by atoms with Gasteiger partial charge in [0.25, 0.3) is 5.91 Å². The first-order valence-electron chi connectivity index (χ1n) is 10.2. The number of carbonyl (C=O) groups is 1. The fourth-order valence-corrected chi connectivity index (χ4v) is 3.72. The van der Waals surface area contributed by atoms with Crippen LogP contribution in [-0.2, 0) is 13.1 Å². The maximum absolute atomic E-state index is 12.5. The van der Waals surface area contributed by atoms with Gasteiger partial charge in [-0.25, -0.2) is 0 Å². The molecule has 0 atom stereocenters. The Balaban J connectivity index is 1.62. The summed E-state index contributed by atoms with van der Waals surface area (Å²) in [7, 11) is 0. The molecule has 1 aliphatic carbocycles. The first-order chi connectivity index (χ1) is 13.0. The van der Waals surface area contributed by atoms with E-state index in [1.54, 1.807) is 6.07 Å². The molecule has 2 aromatic rings. The van der Waals surface area contributed by atoms with Crippen molar-refractivity contribution in [3.05, 3.63) is 59.0 Å². The van der Waals surface area contributed by atoms with Crippen LogP contribution in [0.5, 0.6) is 0 Å². The molecule has 1 aromatic carbocycles. The van der Waals surface area contributed by atoms with Gasteiger partial charge in [0.05, 0.1) is 6.54 Å². The molecule has 0 radical (unpaired) electrons. The van der Waals surface area contributed by atoms with Gasteiger partial charge < -0.3 is 9.73 Å². The molecule has 1 heterocycles. The molecule has 0 saturated heterocycles. The summed E-state index contributed by atoms with van der Waals surface area (Å²) >= 11 is 0. The number of amides is 1. The monoisotopic (exact) mass is 368 g/mol. The Kier molecular flexibility index (Phi) is 6.73. The minimum atomic E-state index is -0.0804. The lowest BCUT2D eigenvalue weighted by Gasteiger charge is -2.26. The molecule has 146 valence electrons. The molecule has 1 amide bonds. The third kappa shape index (κ3) is 5.46. The van der Waals surface area contributed by atoms with Crippen molar-refractivity contribution in [1.82, 2.24) is 10.2 Å². The zero-order chi connectivity index (χ0) is 19.2. The van der Waals surface area contributed by atoms with Crippen molar-refractivity contribution in [2.24, 2.45) is 0 Å². The molecule has 4 heteroatoms. The second-order valence-electron chi connectivity index (χ2n) is 8.00. The van der Waals surface area contributed by atoms with Gasteiger partial charge in [0.15, 0.2) is 5.76 Å². The molecular formula is C23H32N2O2. The van der Waals surface area contributed by atoms with Crippen molar-refractivity contribution in [3.8, 4) is 0 Å². The van der Waals surface area contributed by atoms with Crippen LogP contribution >= 0.6 is 0 Å². The number of hydrogen-bond donors (Lipinski definition) is 1. The molecular weight excluding hydrogens is 336 g/mol. The molecule has 0 bridgehead atoms. The zero-order valence-electron chi connectivity index (χ0n) is 16.8. The maximum Gasteiger partial charge on any atom is 0.287 e. The normalized spacial score (nSPS) is 15.4. The molecule has 1 aromatic heterocycles. The average Bonchev–Trinajstić information content (AvgIpc) is 3.12. The van der Waals surface area contributed by atoms with E-state index in [9.17, 15) is 4.79 Å². The first-order valence-corrected chi connectivity index (χ1v) is 10.2. The summed E-state index contributed by atoms with van der Waals surface area (Å²) in [6.45, 7) is 8.10. The van der Waals surface area contributed by atoms with Crippen molar-refractivity contribution >= 4 is 5.91 Å². The van der Waals surface area contributed by atoms with Gasteiger partial charge in [-0.05, 0) is 56.9 Å². The van der Waals surface area contributed by atoms with Crippen molar-refractivity contribution in [3.63, 3.8) is 0 Å². The highest BCUT2D eigenvalue weighted by molar-refractivity contribution is 5.91. The van der Waals surface area contributed by atoms with Crippen LogP contribution < -0.4 is 5.32 Å². The minimum Gasteiger partial charge on any atom is -0.455 e. The van der Waals surface area contributed by atoms with Crippen molar-refractivity contribution in [2.45, 2.75) is 78.0 Å². The van der Waals surface area contributed by atoms with Crippen molar-refractivity contribution in [1.29, 1.82) is 0 Å². The molecule has 1 fully saturated rings. The SMILES string of the molecule is Cc1ccccc1CN(Cc1ccc(C(=O)NC2CCCCC2)o1)C(C)C. The largest absolute Gasteiger partial charge is 0.455 e. The number of aryl methyl sites for hydroxylation is 1. The Bertz CT molecular complexity index is 744. The van der Waals surface area contributed by atoms with Crippen molar-refractivity contribution in [2.75, 3.05) is 0 Å². The second kappa shape index (κ2) is 9.23. The summed E-state index contributed by atoms with van der Waals surface area (Å²) < 4.78 is 5.88. The molecule has 3 rings (SSSR count). The summed E-state index contributed by atoms with van der Waals surface area (Å²) in [5.74, 6) is 1.18. The van der Waals surface area contributed by atoms with E-state index < -0.39 is 0 Å². The highest BCUT2D eigenvalue weighted by atomic mass is 16.4. The summed E-state index contributed by atoms with van der Waals surface area (Å²) in [4.78, 5) is 14.8. The predicted octanol–water partition coefficient (Wildman–Crippen LogP) is 5.06. The number of nitrogens with one attached hydrogen (secondary N) is 1. The predicted molar refractivity (Wildman–Crippen MR) is 109 cm³/mol. The van der Waals surface area contributed by atoms with E-state index in [-0.39, 0.29) is 5.91 Å². The van der Waals surface area contributed by atoms with Crippen LogP contribution in [-0.4, -0.2) is 22.9 Å². The number of benzene rings is 1. The number of hydrogen-bond acceptors (Lipinski definition) is 3. The second-order valence-corrected chi connectivity index (χ2v) is 8.00. The van der Waals surface area contributed by atoms with Crippen LogP contribution in [0.4, 0.5) is 0 Å². The molecule has 1 N–H and O–H groups in total. The summed E-state index contributed by atoms with van der Waals surface area (Å²) in [5.41, 5.74) is 2.63. The maximum atomic E-state index is 12.5. The van der Waals surface area contributed by atoms with E-state index in [4.69, 9.17) is 4.42 Å².